The molecule has 9 heteroatoms. The number of carbonyl (C=O) groups is 2. The van der Waals surface area contributed by atoms with Crippen molar-refractivity contribution >= 4 is 74.1 Å². The van der Waals surface area contributed by atoms with E-state index in [0.29, 0.717) is 26.5 Å². The molecule has 29 heavy (non-hydrogen) atoms. The monoisotopic (exact) mass is 440 g/mol. The van der Waals surface area contributed by atoms with Gasteiger partial charge in [0.15, 0.2) is 0 Å². The zero-order valence-corrected chi connectivity index (χ0v) is 16.8. The van der Waals surface area contributed by atoms with E-state index in [4.69, 9.17) is 23.2 Å². The van der Waals surface area contributed by atoms with Crippen LogP contribution in [0.2, 0.25) is 10.0 Å². The molecule has 6 nitrogen and oxygen atoms in total. The second-order valence-corrected chi connectivity index (χ2v) is 8.19. The minimum Gasteiger partial charge on any atom is -0.338 e. The number of nitrogens with one attached hydrogen (secondary N) is 2. The third-order valence-corrected chi connectivity index (χ3v) is 5.96. The van der Waals surface area contributed by atoms with E-state index in [9.17, 15) is 9.59 Å². The Bertz CT molecular complexity index is 1340. The first-order valence-corrected chi connectivity index (χ1v) is 10.0. The maximum atomic E-state index is 11.7. The van der Waals surface area contributed by atoms with Gasteiger partial charge in [0, 0.05) is 10.9 Å². The molecule has 1 fully saturated rings. The number of aromatic nitrogens is 3. The summed E-state index contributed by atoms with van der Waals surface area (Å²) in [5, 5.41) is 3.70. The minimum atomic E-state index is -0.401. The van der Waals surface area contributed by atoms with Crippen LogP contribution in [0.25, 0.3) is 39.4 Å². The zero-order valence-electron chi connectivity index (χ0n) is 14.5. The van der Waals surface area contributed by atoms with E-state index < -0.39 is 5.91 Å². The van der Waals surface area contributed by atoms with E-state index in [0.717, 1.165) is 39.3 Å². The highest BCUT2D eigenvalue weighted by Gasteiger charge is 2.25. The summed E-state index contributed by atoms with van der Waals surface area (Å²) in [5.74, 6) is 0.298. The Labute approximate surface area is 178 Å². The fourth-order valence-corrected chi connectivity index (χ4v) is 4.05. The van der Waals surface area contributed by atoms with Crippen molar-refractivity contribution < 1.29 is 9.59 Å². The van der Waals surface area contributed by atoms with Gasteiger partial charge in [0.1, 0.15) is 5.82 Å². The van der Waals surface area contributed by atoms with Gasteiger partial charge in [-0.1, -0.05) is 29.3 Å². The summed E-state index contributed by atoms with van der Waals surface area (Å²) in [6.07, 6.45) is 1.60. The smallest absolute Gasteiger partial charge is 0.290 e. The van der Waals surface area contributed by atoms with Crippen molar-refractivity contribution in [2.24, 2.45) is 0 Å². The number of benzene rings is 2. The first-order valence-electron chi connectivity index (χ1n) is 8.47. The molecule has 5 rings (SSSR count). The summed E-state index contributed by atoms with van der Waals surface area (Å²) in [6.45, 7) is 0. The first kappa shape index (κ1) is 18.2. The molecule has 3 heterocycles. The largest absolute Gasteiger partial charge is 0.338 e. The standard InChI is InChI=1S/C20H10Cl2N4O2S/c21-12-7-15-16(8-13(12)22)25-18(24-15)10-2-4-14-9(5-10)1-3-11(23-14)6-17-19(27)26-20(28)29-17/h1-8H,(H,24,25)(H,26,27,28)/b17-6+. The Morgan fingerprint density at radius 2 is 1.76 bits per heavy atom. The van der Waals surface area contributed by atoms with Gasteiger partial charge in [-0.25, -0.2) is 9.97 Å². The normalized spacial score (nSPS) is 15.6. The van der Waals surface area contributed by atoms with Crippen molar-refractivity contribution in [1.29, 1.82) is 0 Å². The minimum absolute atomic E-state index is 0.332. The SMILES string of the molecule is O=C1NC(=O)/C(=C\c2ccc3cc(-c4nc5cc(Cl)c(Cl)cc5[nH]4)ccc3n2)S1. The van der Waals surface area contributed by atoms with Crippen LogP contribution in [-0.2, 0) is 4.79 Å². The summed E-state index contributed by atoms with van der Waals surface area (Å²) in [4.78, 5) is 35.7. The highest BCUT2D eigenvalue weighted by Crippen LogP contribution is 2.30. The van der Waals surface area contributed by atoms with Gasteiger partial charge in [-0.3, -0.25) is 14.9 Å². The van der Waals surface area contributed by atoms with E-state index >= 15 is 0 Å². The van der Waals surface area contributed by atoms with E-state index in [-0.39, 0.29) is 5.24 Å². The molecule has 1 aliphatic rings. The van der Waals surface area contributed by atoms with Gasteiger partial charge >= 0.3 is 0 Å². The second-order valence-electron chi connectivity index (χ2n) is 6.36. The Morgan fingerprint density at radius 3 is 2.55 bits per heavy atom. The molecule has 2 amide bonds. The summed E-state index contributed by atoms with van der Waals surface area (Å²) in [6, 6.07) is 13.0. The van der Waals surface area contributed by atoms with Gasteiger partial charge in [-0.15, -0.1) is 0 Å². The molecule has 0 atom stereocenters. The molecule has 2 aromatic carbocycles. The summed E-state index contributed by atoms with van der Waals surface area (Å²) < 4.78 is 0. The van der Waals surface area contributed by atoms with Crippen LogP contribution in [0, 0.1) is 0 Å². The van der Waals surface area contributed by atoms with Gasteiger partial charge in [0.05, 0.1) is 37.2 Å². The van der Waals surface area contributed by atoms with Crippen LogP contribution in [0.4, 0.5) is 4.79 Å². The number of nitrogens with zero attached hydrogens (tertiary/aromatic N) is 2. The maximum absolute atomic E-state index is 11.7. The molecule has 4 aromatic rings. The molecule has 0 spiro atoms. The topological polar surface area (TPSA) is 87.7 Å². The van der Waals surface area contributed by atoms with Crippen molar-refractivity contribution in [2.75, 3.05) is 0 Å². The van der Waals surface area contributed by atoms with Crippen molar-refractivity contribution in [3.63, 3.8) is 0 Å². The highest BCUT2D eigenvalue weighted by atomic mass is 35.5. The van der Waals surface area contributed by atoms with Crippen molar-refractivity contribution in [3.8, 4) is 11.4 Å². The fraction of sp³-hybridized carbons (Fsp3) is 0. The van der Waals surface area contributed by atoms with Gasteiger partial charge in [-0.05, 0) is 54.2 Å². The number of halogens is 2. The lowest BCUT2D eigenvalue weighted by Gasteiger charge is -2.02. The van der Waals surface area contributed by atoms with Gasteiger partial charge in [0.2, 0.25) is 0 Å². The lowest BCUT2D eigenvalue weighted by molar-refractivity contribution is -0.115. The number of amides is 2. The number of imide groups is 1. The van der Waals surface area contributed by atoms with E-state index in [1.807, 2.05) is 24.3 Å². The molecule has 1 saturated heterocycles. The number of thioether (sulfide) groups is 1. The number of imidazole rings is 1. The highest BCUT2D eigenvalue weighted by molar-refractivity contribution is 8.18. The quantitative estimate of drug-likeness (QED) is 0.406. The molecule has 0 aliphatic carbocycles. The Hall–Kier alpha value is -2.87. The van der Waals surface area contributed by atoms with Crippen molar-refractivity contribution in [1.82, 2.24) is 20.3 Å². The molecular weight excluding hydrogens is 431 g/mol. The number of H-pyrrole nitrogens is 1. The average Bonchev–Trinajstić information content (AvgIpc) is 3.24. The number of fused-ring (bicyclic) bond motifs is 2. The first-order chi connectivity index (χ1) is 14.0. The van der Waals surface area contributed by atoms with Gasteiger partial charge in [-0.2, -0.15) is 0 Å². The van der Waals surface area contributed by atoms with E-state index in [1.165, 1.54) is 0 Å². The predicted molar refractivity (Wildman–Crippen MR) is 116 cm³/mol. The molecule has 142 valence electrons. The molecule has 0 saturated carbocycles. The summed E-state index contributed by atoms with van der Waals surface area (Å²) in [5.41, 5.74) is 3.80. The Balaban J connectivity index is 1.52. The lowest BCUT2D eigenvalue weighted by Crippen LogP contribution is -2.17. The van der Waals surface area contributed by atoms with E-state index in [1.54, 1.807) is 24.3 Å². The maximum Gasteiger partial charge on any atom is 0.290 e. The summed E-state index contributed by atoms with van der Waals surface area (Å²) in [7, 11) is 0. The zero-order chi connectivity index (χ0) is 20.1. The third-order valence-electron chi connectivity index (χ3n) is 4.43. The van der Waals surface area contributed by atoms with Crippen LogP contribution < -0.4 is 5.32 Å². The van der Waals surface area contributed by atoms with Crippen LogP contribution >= 0.6 is 35.0 Å². The third kappa shape index (κ3) is 3.37. The molecule has 0 unspecified atom stereocenters. The van der Waals surface area contributed by atoms with Crippen molar-refractivity contribution in [2.45, 2.75) is 0 Å². The van der Waals surface area contributed by atoms with Crippen LogP contribution in [0.5, 0.6) is 0 Å². The number of carbonyl (C=O) groups excluding carboxylic acids is 2. The molecule has 2 aromatic heterocycles. The van der Waals surface area contributed by atoms with Gasteiger partial charge < -0.3 is 4.98 Å². The number of pyridine rings is 1. The second kappa shape index (κ2) is 6.88. The van der Waals surface area contributed by atoms with Crippen LogP contribution in [0.1, 0.15) is 5.69 Å². The predicted octanol–water partition coefficient (Wildman–Crippen LogP) is 5.41. The van der Waals surface area contributed by atoms with Crippen LogP contribution in [-0.4, -0.2) is 26.1 Å². The Kier molecular flexibility index (Phi) is 4.31. The molecule has 0 bridgehead atoms. The number of aromatic amines is 1. The number of hydrogen-bond acceptors (Lipinski definition) is 5. The van der Waals surface area contributed by atoms with Crippen LogP contribution in [0.15, 0.2) is 47.4 Å². The molecule has 1 aliphatic heterocycles. The van der Waals surface area contributed by atoms with Crippen LogP contribution in [0.3, 0.4) is 0 Å². The fourth-order valence-electron chi connectivity index (χ4n) is 3.07. The summed E-state index contributed by atoms with van der Waals surface area (Å²) >= 11 is 13.0. The van der Waals surface area contributed by atoms with Gasteiger partial charge in [0.25, 0.3) is 11.1 Å². The lowest BCUT2D eigenvalue weighted by atomic mass is 10.1. The van der Waals surface area contributed by atoms with E-state index in [2.05, 4.69) is 20.3 Å². The Morgan fingerprint density at radius 1 is 0.931 bits per heavy atom. The number of hydrogen-bond donors (Lipinski definition) is 2. The molecule has 0 radical (unpaired) electrons. The average molecular weight is 441 g/mol. The molecule has 2 N–H and O–H groups in total. The van der Waals surface area contributed by atoms with Crippen molar-refractivity contribution in [3.05, 3.63) is 63.1 Å². The molecular formula is C20H10Cl2N4O2S. The number of rotatable bonds is 2.